The van der Waals surface area contributed by atoms with E-state index in [1.165, 1.54) is 0 Å². The highest BCUT2D eigenvalue weighted by molar-refractivity contribution is 6.19. The van der Waals surface area contributed by atoms with Crippen LogP contribution in [0.2, 0.25) is 0 Å². The van der Waals surface area contributed by atoms with E-state index in [-0.39, 0.29) is 11.6 Å². The second-order valence-electron chi connectivity index (χ2n) is 7.59. The molecule has 0 bridgehead atoms. The van der Waals surface area contributed by atoms with E-state index in [2.05, 4.69) is 13.8 Å². The zero-order valence-corrected chi connectivity index (χ0v) is 17.9. The molecular formula is C23H28N2O4. The molecule has 154 valence electrons. The lowest BCUT2D eigenvalue weighted by atomic mass is 9.93. The maximum Gasteiger partial charge on any atom is 0.271 e. The third-order valence-electron chi connectivity index (χ3n) is 4.44. The smallest absolute Gasteiger partial charge is 0.271 e. The summed E-state index contributed by atoms with van der Waals surface area (Å²) in [4.78, 5) is 26.6. The summed E-state index contributed by atoms with van der Waals surface area (Å²) < 4.78 is 11.5. The first-order valence-corrected chi connectivity index (χ1v) is 9.81. The Morgan fingerprint density at radius 2 is 1.79 bits per heavy atom. The normalized spacial score (nSPS) is 16.1. The van der Waals surface area contributed by atoms with Crippen molar-refractivity contribution < 1.29 is 19.1 Å². The minimum absolute atomic E-state index is 0.00790. The van der Waals surface area contributed by atoms with Gasteiger partial charge in [0, 0.05) is 11.6 Å². The molecule has 29 heavy (non-hydrogen) atoms. The molecule has 1 aliphatic heterocycles. The van der Waals surface area contributed by atoms with E-state index in [9.17, 15) is 14.9 Å². The fraction of sp³-hybridized carbons (Fsp3) is 0.435. The van der Waals surface area contributed by atoms with Gasteiger partial charge < -0.3 is 9.47 Å². The van der Waals surface area contributed by atoms with Gasteiger partial charge >= 0.3 is 0 Å². The van der Waals surface area contributed by atoms with Crippen molar-refractivity contribution in [3.05, 3.63) is 40.5 Å². The molecule has 1 aliphatic rings. The Morgan fingerprint density at radius 3 is 2.34 bits per heavy atom. The summed E-state index contributed by atoms with van der Waals surface area (Å²) in [7, 11) is 0. The Kier molecular flexibility index (Phi) is 7.22. The number of hydrogen-bond acceptors (Lipinski definition) is 5. The Bertz CT molecular complexity index is 904. The molecule has 0 atom stereocenters. The van der Waals surface area contributed by atoms with Gasteiger partial charge in [0.05, 0.1) is 13.2 Å². The van der Waals surface area contributed by atoms with E-state index >= 15 is 0 Å². The first-order valence-electron chi connectivity index (χ1n) is 9.81. The van der Waals surface area contributed by atoms with Crippen LogP contribution in [0.4, 0.5) is 0 Å². The van der Waals surface area contributed by atoms with Crippen LogP contribution in [0.5, 0.6) is 11.5 Å². The van der Waals surface area contributed by atoms with Gasteiger partial charge in [-0.2, -0.15) is 5.26 Å². The lowest BCUT2D eigenvalue weighted by Crippen LogP contribution is -2.46. The molecule has 0 saturated heterocycles. The van der Waals surface area contributed by atoms with Crippen LogP contribution in [-0.4, -0.2) is 36.0 Å². The molecule has 1 heterocycles. The first kappa shape index (κ1) is 22.2. The molecule has 0 spiro atoms. The van der Waals surface area contributed by atoms with E-state index in [1.54, 1.807) is 32.9 Å². The summed E-state index contributed by atoms with van der Waals surface area (Å²) in [5, 5.41) is 9.43. The molecule has 1 aromatic carbocycles. The summed E-state index contributed by atoms with van der Waals surface area (Å²) in [6, 6.07) is 7.03. The summed E-state index contributed by atoms with van der Waals surface area (Å²) in [5.74, 6) is 0.656. The van der Waals surface area contributed by atoms with Gasteiger partial charge in [-0.1, -0.05) is 19.9 Å². The van der Waals surface area contributed by atoms with Gasteiger partial charge in [-0.3, -0.25) is 14.5 Å². The van der Waals surface area contributed by atoms with E-state index < -0.39 is 11.8 Å². The molecule has 0 aliphatic carbocycles. The highest BCUT2D eigenvalue weighted by Gasteiger charge is 2.36. The maximum absolute atomic E-state index is 12.9. The van der Waals surface area contributed by atoms with Gasteiger partial charge in [0.25, 0.3) is 11.8 Å². The van der Waals surface area contributed by atoms with Crippen LogP contribution in [-0.2, 0) is 9.59 Å². The van der Waals surface area contributed by atoms with Crippen LogP contribution in [0.15, 0.2) is 34.9 Å². The Morgan fingerprint density at radius 1 is 1.10 bits per heavy atom. The van der Waals surface area contributed by atoms with Gasteiger partial charge in [-0.15, -0.1) is 0 Å². The standard InChI is InChI=1S/C23H28N2O4/c1-7-28-21-11-17(8-9-20(21)29-13-14(2)3)10-18-16(6)19(12-24)23(27)25(15(4)5)22(18)26/h8-11,14-15H,7,13H2,1-6H3/b18-10+. The molecule has 0 N–H and O–H groups in total. The highest BCUT2D eigenvalue weighted by Crippen LogP contribution is 2.32. The number of ether oxygens (including phenoxy) is 2. The van der Waals surface area contributed by atoms with Gasteiger partial charge in [-0.05, 0) is 63.0 Å². The van der Waals surface area contributed by atoms with Crippen molar-refractivity contribution >= 4 is 17.9 Å². The molecule has 0 fully saturated rings. The second kappa shape index (κ2) is 9.42. The average Bonchev–Trinajstić information content (AvgIpc) is 2.64. The van der Waals surface area contributed by atoms with Crippen LogP contribution in [0.1, 0.15) is 47.1 Å². The molecule has 6 heteroatoms. The number of amides is 2. The van der Waals surface area contributed by atoms with Crippen molar-refractivity contribution in [1.82, 2.24) is 4.90 Å². The topological polar surface area (TPSA) is 79.6 Å². The summed E-state index contributed by atoms with van der Waals surface area (Å²) in [6.45, 7) is 12.2. The lowest BCUT2D eigenvalue weighted by Gasteiger charge is -2.30. The van der Waals surface area contributed by atoms with Crippen LogP contribution < -0.4 is 9.47 Å². The van der Waals surface area contributed by atoms with E-state index in [1.807, 2.05) is 25.1 Å². The van der Waals surface area contributed by atoms with Gasteiger partial charge in [0.15, 0.2) is 11.5 Å². The van der Waals surface area contributed by atoms with Crippen LogP contribution in [0, 0.1) is 17.2 Å². The largest absolute Gasteiger partial charge is 0.490 e. The highest BCUT2D eigenvalue weighted by atomic mass is 16.5. The van der Waals surface area contributed by atoms with Gasteiger partial charge in [-0.25, -0.2) is 0 Å². The monoisotopic (exact) mass is 396 g/mol. The number of benzene rings is 1. The predicted octanol–water partition coefficient (Wildman–Crippen LogP) is 4.12. The number of nitrogens with zero attached hydrogens (tertiary/aromatic N) is 2. The van der Waals surface area contributed by atoms with Gasteiger partial charge in [0.1, 0.15) is 11.6 Å². The molecule has 2 rings (SSSR count). The van der Waals surface area contributed by atoms with E-state index in [0.717, 1.165) is 10.5 Å². The maximum atomic E-state index is 12.9. The van der Waals surface area contributed by atoms with Crippen molar-refractivity contribution in [3.8, 4) is 17.6 Å². The Hall–Kier alpha value is -3.07. The summed E-state index contributed by atoms with van der Waals surface area (Å²) in [5.41, 5.74) is 1.43. The third-order valence-corrected chi connectivity index (χ3v) is 4.44. The van der Waals surface area contributed by atoms with Crippen molar-refractivity contribution in [2.75, 3.05) is 13.2 Å². The molecule has 1 aromatic rings. The van der Waals surface area contributed by atoms with Crippen molar-refractivity contribution in [3.63, 3.8) is 0 Å². The Labute approximate surface area is 172 Å². The molecule has 0 aromatic heterocycles. The van der Waals surface area contributed by atoms with E-state index in [4.69, 9.17) is 9.47 Å². The number of nitriles is 1. The molecule has 0 saturated carbocycles. The molecular weight excluding hydrogens is 368 g/mol. The van der Waals surface area contributed by atoms with Crippen molar-refractivity contribution in [2.45, 2.75) is 47.6 Å². The van der Waals surface area contributed by atoms with Gasteiger partial charge in [0.2, 0.25) is 0 Å². The zero-order chi connectivity index (χ0) is 21.7. The second-order valence-corrected chi connectivity index (χ2v) is 7.59. The Balaban J connectivity index is 2.52. The van der Waals surface area contributed by atoms with Crippen LogP contribution in [0.3, 0.4) is 0 Å². The zero-order valence-electron chi connectivity index (χ0n) is 17.9. The SMILES string of the molecule is CCOc1cc(/C=C2/C(=O)N(C(C)C)C(=O)C(C#N)=C2C)ccc1OCC(C)C. The van der Waals surface area contributed by atoms with Crippen LogP contribution in [0.25, 0.3) is 6.08 Å². The molecule has 0 radical (unpaired) electrons. The number of imide groups is 1. The third kappa shape index (κ3) is 4.86. The average molecular weight is 396 g/mol. The summed E-state index contributed by atoms with van der Waals surface area (Å²) in [6.07, 6.45) is 1.69. The van der Waals surface area contributed by atoms with Crippen molar-refractivity contribution in [2.24, 2.45) is 5.92 Å². The molecule has 0 unspecified atom stereocenters. The quantitative estimate of drug-likeness (QED) is 0.512. The minimum Gasteiger partial charge on any atom is -0.490 e. The minimum atomic E-state index is -0.547. The summed E-state index contributed by atoms with van der Waals surface area (Å²) >= 11 is 0. The molecule has 2 amide bonds. The number of rotatable bonds is 7. The van der Waals surface area contributed by atoms with E-state index in [0.29, 0.717) is 41.8 Å². The predicted molar refractivity (Wildman–Crippen MR) is 111 cm³/mol. The lowest BCUT2D eigenvalue weighted by molar-refractivity contribution is -0.142. The molecule has 6 nitrogen and oxygen atoms in total. The first-order chi connectivity index (χ1) is 13.7. The number of hydrogen-bond donors (Lipinski definition) is 0. The van der Waals surface area contributed by atoms with Crippen molar-refractivity contribution in [1.29, 1.82) is 5.26 Å². The fourth-order valence-corrected chi connectivity index (χ4v) is 2.99. The fourth-order valence-electron chi connectivity index (χ4n) is 2.99. The number of carbonyl (C=O) groups excluding carboxylic acids is 2. The number of carbonyl (C=O) groups is 2. The van der Waals surface area contributed by atoms with Crippen LogP contribution >= 0.6 is 0 Å².